The molecule has 0 saturated heterocycles. The monoisotopic (exact) mass is 332 g/mol. The number of hydrogen-bond acceptors (Lipinski definition) is 5. The van der Waals surface area contributed by atoms with Crippen molar-refractivity contribution < 1.29 is 19.0 Å². The predicted molar refractivity (Wildman–Crippen MR) is 87.6 cm³/mol. The van der Waals surface area contributed by atoms with Crippen LogP contribution < -0.4 is 10.1 Å². The van der Waals surface area contributed by atoms with Gasteiger partial charge in [0.05, 0.1) is 12.8 Å². The standard InChI is InChI=1S/C16H13FN2O3S/c1-8-3-5-11(10(17)7-8)18-15-13(16(20)21)9-4-6-12(22-2)19-14(9)23-15/h3-7,18H,1-2H3,(H,20,21). The number of carbonyl (C=O) groups is 1. The third kappa shape index (κ3) is 2.83. The molecule has 0 fully saturated rings. The summed E-state index contributed by atoms with van der Waals surface area (Å²) in [6, 6.07) is 7.95. The molecular formula is C16H13FN2O3S. The lowest BCUT2D eigenvalue weighted by molar-refractivity contribution is 0.0700. The number of halogens is 1. The minimum absolute atomic E-state index is 0.0696. The number of ether oxygens (including phenoxy) is 1. The summed E-state index contributed by atoms with van der Waals surface area (Å²) in [5, 5.41) is 13.2. The minimum atomic E-state index is -1.10. The molecule has 118 valence electrons. The average molecular weight is 332 g/mol. The van der Waals surface area contributed by atoms with Crippen molar-refractivity contribution in [3.63, 3.8) is 0 Å². The van der Waals surface area contributed by atoms with Crippen molar-refractivity contribution in [3.05, 3.63) is 47.3 Å². The number of nitrogens with one attached hydrogen (secondary N) is 1. The van der Waals surface area contributed by atoms with Crippen LogP contribution in [0.25, 0.3) is 10.2 Å². The molecule has 0 saturated carbocycles. The summed E-state index contributed by atoms with van der Waals surface area (Å²) in [6.07, 6.45) is 0. The molecule has 0 aliphatic carbocycles. The highest BCUT2D eigenvalue weighted by Crippen LogP contribution is 2.37. The largest absolute Gasteiger partial charge is 0.481 e. The van der Waals surface area contributed by atoms with E-state index in [9.17, 15) is 14.3 Å². The number of nitrogens with zero attached hydrogens (tertiary/aromatic N) is 1. The minimum Gasteiger partial charge on any atom is -0.481 e. The highest BCUT2D eigenvalue weighted by Gasteiger charge is 2.20. The molecule has 2 N–H and O–H groups in total. The molecule has 3 aromatic rings. The molecule has 7 heteroatoms. The number of thiophene rings is 1. The summed E-state index contributed by atoms with van der Waals surface area (Å²) in [7, 11) is 1.49. The Balaban J connectivity index is 2.12. The maximum absolute atomic E-state index is 14.0. The number of rotatable bonds is 4. The molecule has 0 amide bonds. The van der Waals surface area contributed by atoms with Gasteiger partial charge in [-0.25, -0.2) is 14.2 Å². The molecule has 0 spiro atoms. The van der Waals surface area contributed by atoms with Crippen LogP contribution in [0.15, 0.2) is 30.3 Å². The quantitative estimate of drug-likeness (QED) is 0.749. The number of aryl methyl sites for hydroxylation is 1. The summed E-state index contributed by atoms with van der Waals surface area (Å²) < 4.78 is 19.1. The molecule has 0 aliphatic rings. The summed E-state index contributed by atoms with van der Waals surface area (Å²) in [6.45, 7) is 1.78. The fraction of sp³-hybridized carbons (Fsp3) is 0.125. The van der Waals surface area contributed by atoms with Gasteiger partial charge in [-0.3, -0.25) is 0 Å². The molecule has 5 nitrogen and oxygen atoms in total. The number of benzene rings is 1. The van der Waals surface area contributed by atoms with Gasteiger partial charge in [0.2, 0.25) is 5.88 Å². The number of hydrogen-bond donors (Lipinski definition) is 2. The van der Waals surface area contributed by atoms with Crippen LogP contribution in [0.2, 0.25) is 0 Å². The molecule has 2 heterocycles. The lowest BCUT2D eigenvalue weighted by Gasteiger charge is -2.07. The van der Waals surface area contributed by atoms with Crippen molar-refractivity contribution in [2.24, 2.45) is 0 Å². The number of fused-ring (bicyclic) bond motifs is 1. The van der Waals surface area contributed by atoms with Crippen molar-refractivity contribution in [2.45, 2.75) is 6.92 Å². The molecule has 0 unspecified atom stereocenters. The smallest absolute Gasteiger partial charge is 0.339 e. The number of methoxy groups -OCH3 is 1. The van der Waals surface area contributed by atoms with Gasteiger partial charge < -0.3 is 15.2 Å². The van der Waals surface area contributed by atoms with E-state index in [1.807, 2.05) is 0 Å². The van der Waals surface area contributed by atoms with Crippen LogP contribution >= 0.6 is 11.3 Å². The molecule has 0 aliphatic heterocycles. The Kier molecular flexibility index (Phi) is 3.87. The van der Waals surface area contributed by atoms with Crippen LogP contribution in [0.4, 0.5) is 15.1 Å². The van der Waals surface area contributed by atoms with E-state index in [0.717, 1.165) is 16.9 Å². The molecule has 0 bridgehead atoms. The predicted octanol–water partition coefficient (Wildman–Crippen LogP) is 4.19. The third-order valence-corrected chi connectivity index (χ3v) is 4.34. The van der Waals surface area contributed by atoms with E-state index in [1.54, 1.807) is 31.2 Å². The van der Waals surface area contributed by atoms with E-state index < -0.39 is 11.8 Å². The van der Waals surface area contributed by atoms with E-state index >= 15 is 0 Å². The summed E-state index contributed by atoms with van der Waals surface area (Å²) >= 11 is 1.14. The second kappa shape index (κ2) is 5.85. The average Bonchev–Trinajstić information content (AvgIpc) is 2.87. The SMILES string of the molecule is COc1ccc2c(C(=O)O)c(Nc3ccc(C)cc3F)sc2n1. The number of carboxylic acids is 1. The van der Waals surface area contributed by atoms with Crippen LogP contribution in [-0.2, 0) is 0 Å². The fourth-order valence-electron chi connectivity index (χ4n) is 2.22. The molecule has 1 aromatic carbocycles. The van der Waals surface area contributed by atoms with Gasteiger partial charge in [-0.1, -0.05) is 17.4 Å². The second-order valence-corrected chi connectivity index (χ2v) is 5.93. The van der Waals surface area contributed by atoms with Crippen molar-refractivity contribution >= 4 is 38.2 Å². The highest BCUT2D eigenvalue weighted by molar-refractivity contribution is 7.23. The van der Waals surface area contributed by atoms with Gasteiger partial charge in [-0.15, -0.1) is 0 Å². The van der Waals surface area contributed by atoms with E-state index in [1.165, 1.54) is 13.2 Å². The Morgan fingerprint density at radius 3 is 2.78 bits per heavy atom. The van der Waals surface area contributed by atoms with Crippen LogP contribution in [0.1, 0.15) is 15.9 Å². The summed E-state index contributed by atoms with van der Waals surface area (Å²) in [4.78, 5) is 16.3. The second-order valence-electron chi connectivity index (χ2n) is 4.93. The zero-order chi connectivity index (χ0) is 16.6. The maximum Gasteiger partial charge on any atom is 0.339 e. The van der Waals surface area contributed by atoms with Crippen LogP contribution in [-0.4, -0.2) is 23.2 Å². The van der Waals surface area contributed by atoms with Gasteiger partial charge in [-0.2, -0.15) is 0 Å². The third-order valence-electron chi connectivity index (χ3n) is 3.33. The van der Waals surface area contributed by atoms with E-state index in [2.05, 4.69) is 10.3 Å². The molecule has 3 rings (SSSR count). The number of aromatic nitrogens is 1. The Bertz CT molecular complexity index is 908. The van der Waals surface area contributed by atoms with Crippen LogP contribution in [0.5, 0.6) is 5.88 Å². The first-order valence-electron chi connectivity index (χ1n) is 6.73. The van der Waals surface area contributed by atoms with E-state index in [4.69, 9.17) is 4.74 Å². The Hall–Kier alpha value is -2.67. The van der Waals surface area contributed by atoms with Crippen molar-refractivity contribution in [1.29, 1.82) is 0 Å². The number of aromatic carboxylic acids is 1. The highest BCUT2D eigenvalue weighted by atomic mass is 32.1. The molecule has 0 atom stereocenters. The number of anilines is 2. The molecule has 23 heavy (non-hydrogen) atoms. The van der Waals surface area contributed by atoms with Crippen molar-refractivity contribution in [3.8, 4) is 5.88 Å². The van der Waals surface area contributed by atoms with Crippen molar-refractivity contribution in [2.75, 3.05) is 12.4 Å². The Labute approximate surface area is 135 Å². The van der Waals surface area contributed by atoms with E-state index in [0.29, 0.717) is 21.1 Å². The lowest BCUT2D eigenvalue weighted by Crippen LogP contribution is -2.01. The van der Waals surface area contributed by atoms with Crippen molar-refractivity contribution in [1.82, 2.24) is 4.98 Å². The van der Waals surface area contributed by atoms with Gasteiger partial charge in [0, 0.05) is 11.5 Å². The normalized spacial score (nSPS) is 10.7. The Morgan fingerprint density at radius 1 is 1.35 bits per heavy atom. The van der Waals surface area contributed by atoms with Gasteiger partial charge in [0.25, 0.3) is 0 Å². The lowest BCUT2D eigenvalue weighted by atomic mass is 10.2. The first kappa shape index (κ1) is 15.2. The van der Waals surface area contributed by atoms with Gasteiger partial charge in [0.15, 0.2) is 0 Å². The van der Waals surface area contributed by atoms with Gasteiger partial charge in [-0.05, 0) is 30.7 Å². The topological polar surface area (TPSA) is 71.5 Å². The fourth-order valence-corrected chi connectivity index (χ4v) is 3.29. The summed E-state index contributed by atoms with van der Waals surface area (Å²) in [5.41, 5.74) is 1.08. The Morgan fingerprint density at radius 2 is 2.13 bits per heavy atom. The van der Waals surface area contributed by atoms with Gasteiger partial charge >= 0.3 is 5.97 Å². The molecule has 0 radical (unpaired) electrons. The molecular weight excluding hydrogens is 319 g/mol. The van der Waals surface area contributed by atoms with E-state index in [-0.39, 0.29) is 11.3 Å². The van der Waals surface area contributed by atoms with Crippen LogP contribution in [0.3, 0.4) is 0 Å². The maximum atomic E-state index is 14.0. The van der Waals surface area contributed by atoms with Gasteiger partial charge in [0.1, 0.15) is 21.2 Å². The molecule has 2 aromatic heterocycles. The summed E-state index contributed by atoms with van der Waals surface area (Å²) in [5.74, 6) is -1.15. The zero-order valence-electron chi connectivity index (χ0n) is 12.4. The number of pyridine rings is 1. The first-order chi connectivity index (χ1) is 11.0. The zero-order valence-corrected chi connectivity index (χ0v) is 13.2. The number of carboxylic acid groups (broad SMARTS) is 1. The van der Waals surface area contributed by atoms with Crippen LogP contribution in [0, 0.1) is 12.7 Å². The first-order valence-corrected chi connectivity index (χ1v) is 7.55.